The van der Waals surface area contributed by atoms with Crippen molar-refractivity contribution in [1.82, 2.24) is 4.90 Å². The highest BCUT2D eigenvalue weighted by Gasteiger charge is 2.30. The van der Waals surface area contributed by atoms with Crippen LogP contribution in [0.15, 0.2) is 22.6 Å². The molecule has 1 aliphatic heterocycles. The first-order valence-electron chi connectivity index (χ1n) is 5.80. The number of carbonyl (C=O) groups excluding carboxylic acids is 1. The van der Waals surface area contributed by atoms with Gasteiger partial charge >= 0.3 is 5.97 Å². The van der Waals surface area contributed by atoms with Gasteiger partial charge in [-0.1, -0.05) is 0 Å². The van der Waals surface area contributed by atoms with E-state index in [4.69, 9.17) is 9.52 Å². The Bertz CT molecular complexity index is 483. The van der Waals surface area contributed by atoms with Gasteiger partial charge in [0.25, 0.3) is 0 Å². The molecule has 0 aliphatic carbocycles. The molecule has 5 nitrogen and oxygen atoms in total. The number of nitrogens with zero attached hydrogens (tertiary/aromatic N) is 1. The zero-order chi connectivity index (χ0) is 13.1. The second-order valence-electron chi connectivity index (χ2n) is 4.49. The monoisotopic (exact) mass is 249 g/mol. The van der Waals surface area contributed by atoms with Crippen molar-refractivity contribution in [3.63, 3.8) is 0 Å². The molecule has 1 amide bonds. The molecule has 0 atom stereocenters. The molecule has 1 aliphatic rings. The first-order chi connectivity index (χ1) is 8.54. The molecule has 1 fully saturated rings. The molecule has 1 aromatic rings. The van der Waals surface area contributed by atoms with E-state index in [9.17, 15) is 9.59 Å². The third-order valence-corrected chi connectivity index (χ3v) is 2.88. The Morgan fingerprint density at radius 3 is 2.78 bits per heavy atom. The van der Waals surface area contributed by atoms with Crippen LogP contribution in [0.2, 0.25) is 0 Å². The van der Waals surface area contributed by atoms with Crippen molar-refractivity contribution < 1.29 is 19.1 Å². The van der Waals surface area contributed by atoms with Crippen LogP contribution in [0.1, 0.15) is 17.9 Å². The third-order valence-electron chi connectivity index (χ3n) is 2.88. The molecule has 1 N–H and O–H groups in total. The SMILES string of the molecule is Cc1ccc(C=CC(=O)N2CC(CC(=O)O)C2)o1. The number of amides is 1. The molecule has 0 spiro atoms. The minimum absolute atomic E-state index is 0.0886. The van der Waals surface area contributed by atoms with Crippen molar-refractivity contribution in [2.24, 2.45) is 5.92 Å². The minimum atomic E-state index is -0.811. The largest absolute Gasteiger partial charge is 0.481 e. The molecule has 5 heteroatoms. The van der Waals surface area contributed by atoms with Crippen molar-refractivity contribution in [3.8, 4) is 0 Å². The van der Waals surface area contributed by atoms with Gasteiger partial charge in [0.2, 0.25) is 5.91 Å². The first-order valence-corrected chi connectivity index (χ1v) is 5.80. The van der Waals surface area contributed by atoms with Gasteiger partial charge in [0.05, 0.1) is 6.42 Å². The van der Waals surface area contributed by atoms with Gasteiger partial charge in [-0.05, 0) is 25.1 Å². The lowest BCUT2D eigenvalue weighted by molar-refractivity contribution is -0.143. The summed E-state index contributed by atoms with van der Waals surface area (Å²) in [5.41, 5.74) is 0. The summed E-state index contributed by atoms with van der Waals surface area (Å²) in [6.45, 7) is 2.88. The molecule has 96 valence electrons. The van der Waals surface area contributed by atoms with Gasteiger partial charge in [0, 0.05) is 25.1 Å². The second kappa shape index (κ2) is 5.08. The van der Waals surface area contributed by atoms with Gasteiger partial charge in [-0.25, -0.2) is 0 Å². The standard InChI is InChI=1S/C13H15NO4/c1-9-2-3-11(18-9)4-5-12(15)14-7-10(8-14)6-13(16)17/h2-5,10H,6-8H2,1H3,(H,16,17). The predicted molar refractivity (Wildman–Crippen MR) is 64.8 cm³/mol. The first kappa shape index (κ1) is 12.4. The molecule has 1 aromatic heterocycles. The summed E-state index contributed by atoms with van der Waals surface area (Å²) in [6, 6.07) is 3.62. The van der Waals surface area contributed by atoms with E-state index >= 15 is 0 Å². The maximum absolute atomic E-state index is 11.7. The lowest BCUT2D eigenvalue weighted by atomic mass is 9.96. The van der Waals surface area contributed by atoms with Crippen LogP contribution in [0.4, 0.5) is 0 Å². The highest BCUT2D eigenvalue weighted by Crippen LogP contribution is 2.19. The number of carboxylic acids is 1. The minimum Gasteiger partial charge on any atom is -0.481 e. The van der Waals surface area contributed by atoms with Crippen LogP contribution in [0.5, 0.6) is 0 Å². The summed E-state index contributed by atoms with van der Waals surface area (Å²) >= 11 is 0. The molecule has 2 rings (SSSR count). The Morgan fingerprint density at radius 2 is 2.22 bits per heavy atom. The topological polar surface area (TPSA) is 70.8 Å². The van der Waals surface area contributed by atoms with E-state index in [-0.39, 0.29) is 18.2 Å². The summed E-state index contributed by atoms with van der Waals surface area (Å²) in [6.07, 6.45) is 3.21. The number of carbonyl (C=O) groups is 2. The summed E-state index contributed by atoms with van der Waals surface area (Å²) in [7, 11) is 0. The average Bonchev–Trinajstić information content (AvgIpc) is 2.65. The third kappa shape index (κ3) is 3.00. The van der Waals surface area contributed by atoms with E-state index < -0.39 is 5.97 Å². The molecule has 2 heterocycles. The zero-order valence-corrected chi connectivity index (χ0v) is 10.1. The average molecular weight is 249 g/mol. The normalized spacial score (nSPS) is 15.9. The molecule has 18 heavy (non-hydrogen) atoms. The highest BCUT2D eigenvalue weighted by atomic mass is 16.4. The number of likely N-dealkylation sites (tertiary alicyclic amines) is 1. The van der Waals surface area contributed by atoms with Crippen LogP contribution in [-0.4, -0.2) is 35.0 Å². The van der Waals surface area contributed by atoms with E-state index in [2.05, 4.69) is 0 Å². The smallest absolute Gasteiger partial charge is 0.303 e. The van der Waals surface area contributed by atoms with Gasteiger partial charge in [-0.2, -0.15) is 0 Å². The van der Waals surface area contributed by atoms with E-state index in [0.29, 0.717) is 18.8 Å². The van der Waals surface area contributed by atoms with Gasteiger partial charge in [0.15, 0.2) is 0 Å². The van der Waals surface area contributed by atoms with E-state index in [1.165, 1.54) is 6.08 Å². The molecule has 0 radical (unpaired) electrons. The molecule has 0 saturated carbocycles. The number of hydrogen-bond acceptors (Lipinski definition) is 3. The Balaban J connectivity index is 1.80. The fourth-order valence-electron chi connectivity index (χ4n) is 1.93. The van der Waals surface area contributed by atoms with Crippen LogP contribution in [0, 0.1) is 12.8 Å². The maximum Gasteiger partial charge on any atom is 0.303 e. The van der Waals surface area contributed by atoms with Gasteiger partial charge in [0.1, 0.15) is 11.5 Å². The number of rotatable bonds is 4. The maximum atomic E-state index is 11.7. The van der Waals surface area contributed by atoms with E-state index in [0.717, 1.165) is 5.76 Å². The van der Waals surface area contributed by atoms with Crippen molar-refractivity contribution >= 4 is 18.0 Å². The quantitative estimate of drug-likeness (QED) is 0.821. The molecule has 0 bridgehead atoms. The Kier molecular flexibility index (Phi) is 3.50. The predicted octanol–water partition coefficient (Wildman–Crippen LogP) is 1.53. The van der Waals surface area contributed by atoms with Crippen LogP contribution in [0.3, 0.4) is 0 Å². The fourth-order valence-corrected chi connectivity index (χ4v) is 1.93. The fraction of sp³-hybridized carbons (Fsp3) is 0.385. The molecule has 0 aromatic carbocycles. The number of aryl methyl sites for hydroxylation is 1. The number of carboxylic acid groups (broad SMARTS) is 1. The molecular weight excluding hydrogens is 234 g/mol. The Morgan fingerprint density at radius 1 is 1.50 bits per heavy atom. The summed E-state index contributed by atoms with van der Waals surface area (Å²) in [5.74, 6) is 0.612. The van der Waals surface area contributed by atoms with Crippen molar-refractivity contribution in [3.05, 3.63) is 29.7 Å². The molecule has 0 unspecified atom stereocenters. The summed E-state index contributed by atoms with van der Waals surface area (Å²) in [4.78, 5) is 23.8. The second-order valence-corrected chi connectivity index (χ2v) is 4.49. The molecule has 1 saturated heterocycles. The van der Waals surface area contributed by atoms with Crippen LogP contribution >= 0.6 is 0 Å². The number of hydrogen-bond donors (Lipinski definition) is 1. The Labute approximate surface area is 105 Å². The van der Waals surface area contributed by atoms with Gasteiger partial charge < -0.3 is 14.4 Å². The van der Waals surface area contributed by atoms with Crippen molar-refractivity contribution in [2.75, 3.05) is 13.1 Å². The van der Waals surface area contributed by atoms with Crippen molar-refractivity contribution in [2.45, 2.75) is 13.3 Å². The van der Waals surface area contributed by atoms with Crippen LogP contribution in [0.25, 0.3) is 6.08 Å². The van der Waals surface area contributed by atoms with Crippen LogP contribution < -0.4 is 0 Å². The lowest BCUT2D eigenvalue weighted by Crippen LogP contribution is -2.49. The van der Waals surface area contributed by atoms with Gasteiger partial charge in [-0.3, -0.25) is 9.59 Å². The number of furan rings is 1. The lowest BCUT2D eigenvalue weighted by Gasteiger charge is -2.37. The number of aliphatic carboxylic acids is 1. The Hall–Kier alpha value is -2.04. The summed E-state index contributed by atoms with van der Waals surface area (Å²) in [5, 5.41) is 8.60. The zero-order valence-electron chi connectivity index (χ0n) is 10.1. The summed E-state index contributed by atoms with van der Waals surface area (Å²) < 4.78 is 5.30. The van der Waals surface area contributed by atoms with E-state index in [1.807, 2.05) is 13.0 Å². The van der Waals surface area contributed by atoms with Gasteiger partial charge in [-0.15, -0.1) is 0 Å². The highest BCUT2D eigenvalue weighted by molar-refractivity contribution is 5.92. The van der Waals surface area contributed by atoms with Crippen molar-refractivity contribution in [1.29, 1.82) is 0 Å². The van der Waals surface area contributed by atoms with E-state index in [1.54, 1.807) is 17.0 Å². The van der Waals surface area contributed by atoms with Crippen LogP contribution in [-0.2, 0) is 9.59 Å². The molecular formula is C13H15NO4.